The maximum atomic E-state index is 13.1. The van der Waals surface area contributed by atoms with Gasteiger partial charge in [0.1, 0.15) is 12.3 Å². The van der Waals surface area contributed by atoms with Crippen molar-refractivity contribution in [2.24, 2.45) is 5.92 Å². The Bertz CT molecular complexity index is 1160. The molecule has 1 aliphatic heterocycles. The summed E-state index contributed by atoms with van der Waals surface area (Å²) >= 11 is 6.09. The lowest BCUT2D eigenvalue weighted by Crippen LogP contribution is -2.42. The van der Waals surface area contributed by atoms with Gasteiger partial charge >= 0.3 is 0 Å². The molecule has 1 N–H and O–H groups in total. The molecule has 0 unspecified atom stereocenters. The van der Waals surface area contributed by atoms with Crippen LogP contribution in [0.5, 0.6) is 0 Å². The van der Waals surface area contributed by atoms with Crippen LogP contribution in [0.25, 0.3) is 5.65 Å². The van der Waals surface area contributed by atoms with Gasteiger partial charge in [-0.3, -0.25) is 9.59 Å². The van der Waals surface area contributed by atoms with Crippen LogP contribution in [0.15, 0.2) is 42.7 Å². The molecule has 3 aromatic rings. The minimum atomic E-state index is -0.234. The Morgan fingerprint density at radius 2 is 2.09 bits per heavy atom. The van der Waals surface area contributed by atoms with Crippen LogP contribution < -0.4 is 10.2 Å². The van der Waals surface area contributed by atoms with Gasteiger partial charge in [-0.25, -0.2) is 4.98 Å². The van der Waals surface area contributed by atoms with Gasteiger partial charge in [-0.2, -0.15) is 0 Å². The highest BCUT2D eigenvalue weighted by atomic mass is 35.5. The van der Waals surface area contributed by atoms with Gasteiger partial charge < -0.3 is 19.4 Å². The van der Waals surface area contributed by atoms with Crippen molar-refractivity contribution in [3.63, 3.8) is 0 Å². The molecule has 7 nitrogen and oxygen atoms in total. The van der Waals surface area contributed by atoms with Crippen molar-refractivity contribution in [3.05, 3.63) is 64.6 Å². The van der Waals surface area contributed by atoms with Crippen molar-refractivity contribution in [3.8, 4) is 0 Å². The SMILES string of the molecule is Cc1cc(C(=O)N[C@@H](CC(C)C)c2cn3ccc(Cl)cc3n2)ccc1N1CCOCC1=O. The largest absolute Gasteiger partial charge is 0.370 e. The number of carbonyl (C=O) groups is 2. The van der Waals surface area contributed by atoms with Gasteiger partial charge in [0, 0.05) is 35.2 Å². The fraction of sp³-hybridized carbons (Fsp3) is 0.375. The number of amides is 2. The van der Waals surface area contributed by atoms with Gasteiger partial charge in [-0.05, 0) is 55.2 Å². The number of carbonyl (C=O) groups excluding carboxylic acids is 2. The molecular formula is C24H27ClN4O3. The number of fused-ring (bicyclic) bond motifs is 1. The molecule has 0 aliphatic carbocycles. The van der Waals surface area contributed by atoms with E-state index in [4.69, 9.17) is 16.3 Å². The van der Waals surface area contributed by atoms with Gasteiger partial charge in [-0.15, -0.1) is 0 Å². The van der Waals surface area contributed by atoms with Crippen LogP contribution in [0.2, 0.25) is 5.02 Å². The summed E-state index contributed by atoms with van der Waals surface area (Å²) in [5.41, 5.74) is 3.77. The van der Waals surface area contributed by atoms with Crippen molar-refractivity contribution in [1.29, 1.82) is 0 Å². The summed E-state index contributed by atoms with van der Waals surface area (Å²) in [7, 11) is 0. The second-order valence-corrected chi connectivity index (χ2v) is 8.97. The molecule has 1 saturated heterocycles. The number of aromatic nitrogens is 2. The maximum Gasteiger partial charge on any atom is 0.253 e. The van der Waals surface area contributed by atoms with E-state index < -0.39 is 0 Å². The Morgan fingerprint density at radius 3 is 2.81 bits per heavy atom. The fourth-order valence-electron chi connectivity index (χ4n) is 3.98. The van der Waals surface area contributed by atoms with E-state index in [0.717, 1.165) is 29.0 Å². The standard InChI is InChI=1S/C24H27ClN4O3/c1-15(2)10-19(20-13-28-7-6-18(25)12-22(28)26-20)27-24(31)17-4-5-21(16(3)11-17)29-8-9-32-14-23(29)30/h4-7,11-13,15,19H,8-10,14H2,1-3H3,(H,27,31)/t19-/m0/s1. The van der Waals surface area contributed by atoms with Gasteiger partial charge in [0.2, 0.25) is 0 Å². The summed E-state index contributed by atoms with van der Waals surface area (Å²) in [6.45, 7) is 7.25. The summed E-state index contributed by atoms with van der Waals surface area (Å²) in [6, 6.07) is 8.78. The second kappa shape index (κ2) is 9.30. The van der Waals surface area contributed by atoms with E-state index in [-0.39, 0.29) is 24.5 Å². The number of anilines is 1. The van der Waals surface area contributed by atoms with Crippen molar-refractivity contribution >= 4 is 34.7 Å². The van der Waals surface area contributed by atoms with Crippen LogP contribution in [0.4, 0.5) is 5.69 Å². The molecule has 2 aromatic heterocycles. The Kier molecular flexibility index (Phi) is 6.48. The average Bonchev–Trinajstić information content (AvgIpc) is 3.16. The number of aryl methyl sites for hydroxylation is 1. The molecule has 0 saturated carbocycles. The monoisotopic (exact) mass is 454 g/mol. The predicted molar refractivity (Wildman–Crippen MR) is 124 cm³/mol. The lowest BCUT2D eigenvalue weighted by molar-refractivity contribution is -0.125. The molecule has 0 radical (unpaired) electrons. The highest BCUT2D eigenvalue weighted by Gasteiger charge is 2.24. The van der Waals surface area contributed by atoms with Crippen molar-refractivity contribution < 1.29 is 14.3 Å². The maximum absolute atomic E-state index is 13.1. The quantitative estimate of drug-likeness (QED) is 0.606. The van der Waals surface area contributed by atoms with Gasteiger partial charge in [0.05, 0.1) is 18.3 Å². The van der Waals surface area contributed by atoms with E-state index in [9.17, 15) is 9.59 Å². The second-order valence-electron chi connectivity index (χ2n) is 8.53. The smallest absolute Gasteiger partial charge is 0.253 e. The van der Waals surface area contributed by atoms with E-state index >= 15 is 0 Å². The lowest BCUT2D eigenvalue weighted by Gasteiger charge is -2.28. The van der Waals surface area contributed by atoms with E-state index in [1.807, 2.05) is 35.9 Å². The number of hydrogen-bond acceptors (Lipinski definition) is 4. The first-order chi connectivity index (χ1) is 15.3. The molecule has 1 atom stereocenters. The number of imidazole rings is 1. The predicted octanol–water partition coefficient (Wildman–Crippen LogP) is 4.18. The lowest BCUT2D eigenvalue weighted by atomic mass is 10.0. The zero-order chi connectivity index (χ0) is 22.8. The van der Waals surface area contributed by atoms with Crippen LogP contribution in [-0.4, -0.2) is 41.0 Å². The topological polar surface area (TPSA) is 75.9 Å². The van der Waals surface area contributed by atoms with Crippen LogP contribution >= 0.6 is 11.6 Å². The fourth-order valence-corrected chi connectivity index (χ4v) is 4.14. The highest BCUT2D eigenvalue weighted by molar-refractivity contribution is 6.30. The number of benzene rings is 1. The molecule has 1 aromatic carbocycles. The first-order valence-corrected chi connectivity index (χ1v) is 11.1. The van der Waals surface area contributed by atoms with Crippen molar-refractivity contribution in [1.82, 2.24) is 14.7 Å². The summed E-state index contributed by atoms with van der Waals surface area (Å²) in [5.74, 6) is 0.124. The van der Waals surface area contributed by atoms with E-state index in [1.54, 1.807) is 23.1 Å². The van der Waals surface area contributed by atoms with E-state index in [1.165, 1.54) is 0 Å². The number of ether oxygens (including phenoxy) is 1. The molecule has 8 heteroatoms. The van der Waals surface area contributed by atoms with Crippen LogP contribution in [0.1, 0.15) is 47.9 Å². The molecule has 3 heterocycles. The summed E-state index contributed by atoms with van der Waals surface area (Å²) in [6.07, 6.45) is 4.54. The number of rotatable bonds is 6. The molecule has 1 aliphatic rings. The van der Waals surface area contributed by atoms with E-state index in [0.29, 0.717) is 29.7 Å². The Morgan fingerprint density at radius 1 is 1.28 bits per heavy atom. The van der Waals surface area contributed by atoms with E-state index in [2.05, 4.69) is 24.1 Å². The normalized spacial score (nSPS) is 15.4. The molecule has 168 valence electrons. The number of halogens is 1. The third-order valence-electron chi connectivity index (χ3n) is 5.55. The Labute approximate surface area is 192 Å². The molecule has 2 amide bonds. The zero-order valence-corrected chi connectivity index (χ0v) is 19.2. The molecule has 32 heavy (non-hydrogen) atoms. The molecule has 0 bridgehead atoms. The molecule has 4 rings (SSSR count). The van der Waals surface area contributed by atoms with Crippen LogP contribution in [0, 0.1) is 12.8 Å². The number of pyridine rings is 1. The minimum absolute atomic E-state index is 0.0690. The summed E-state index contributed by atoms with van der Waals surface area (Å²) in [5, 5.41) is 3.76. The van der Waals surface area contributed by atoms with Crippen LogP contribution in [-0.2, 0) is 9.53 Å². The number of morpholine rings is 1. The third-order valence-corrected chi connectivity index (χ3v) is 5.78. The molecular weight excluding hydrogens is 428 g/mol. The van der Waals surface area contributed by atoms with Crippen molar-refractivity contribution in [2.75, 3.05) is 24.7 Å². The van der Waals surface area contributed by atoms with Crippen molar-refractivity contribution in [2.45, 2.75) is 33.2 Å². The molecule has 0 spiro atoms. The van der Waals surface area contributed by atoms with Gasteiger partial charge in [0.15, 0.2) is 0 Å². The third kappa shape index (κ3) is 4.79. The average molecular weight is 455 g/mol. The zero-order valence-electron chi connectivity index (χ0n) is 18.5. The Hall–Kier alpha value is -2.90. The minimum Gasteiger partial charge on any atom is -0.370 e. The highest BCUT2D eigenvalue weighted by Crippen LogP contribution is 2.25. The number of nitrogens with zero attached hydrogens (tertiary/aromatic N) is 3. The summed E-state index contributed by atoms with van der Waals surface area (Å²) < 4.78 is 7.11. The number of nitrogens with one attached hydrogen (secondary N) is 1. The number of hydrogen-bond donors (Lipinski definition) is 1. The summed E-state index contributed by atoms with van der Waals surface area (Å²) in [4.78, 5) is 31.7. The van der Waals surface area contributed by atoms with Gasteiger partial charge in [-0.1, -0.05) is 25.4 Å². The van der Waals surface area contributed by atoms with Crippen LogP contribution in [0.3, 0.4) is 0 Å². The Balaban J connectivity index is 1.56. The molecule has 1 fully saturated rings. The first-order valence-electron chi connectivity index (χ1n) is 10.8. The van der Waals surface area contributed by atoms with Gasteiger partial charge in [0.25, 0.3) is 11.8 Å². The first kappa shape index (κ1) is 22.3.